The van der Waals surface area contributed by atoms with Crippen molar-refractivity contribution in [3.63, 3.8) is 0 Å². The molecule has 4 rings (SSSR count). The molecule has 2 aliphatic carbocycles. The Bertz CT molecular complexity index is 888. The second-order valence-electron chi connectivity index (χ2n) is 8.17. The molecule has 0 atom stereocenters. The molecule has 4 nitrogen and oxygen atoms in total. The van der Waals surface area contributed by atoms with Crippen LogP contribution in [0.3, 0.4) is 0 Å². The molecule has 1 aromatic heterocycles. The molecule has 0 N–H and O–H groups in total. The highest BCUT2D eigenvalue weighted by atomic mass is 35.5. The second kappa shape index (κ2) is 8.42. The zero-order valence-electron chi connectivity index (χ0n) is 16.6. The van der Waals surface area contributed by atoms with E-state index < -0.39 is 18.0 Å². The van der Waals surface area contributed by atoms with Crippen LogP contribution in [0.4, 0.5) is 8.78 Å². The van der Waals surface area contributed by atoms with Gasteiger partial charge in [-0.25, -0.2) is 8.78 Å². The van der Waals surface area contributed by atoms with E-state index in [0.717, 1.165) is 23.1 Å². The Kier molecular flexibility index (Phi) is 5.91. The molecule has 1 aromatic carbocycles. The predicted octanol–water partition coefficient (Wildman–Crippen LogP) is 5.86. The minimum absolute atomic E-state index is 0.0310. The van der Waals surface area contributed by atoms with Gasteiger partial charge in [-0.05, 0) is 42.7 Å². The van der Waals surface area contributed by atoms with E-state index in [1.807, 2.05) is 12.1 Å². The first-order valence-corrected chi connectivity index (χ1v) is 10.7. The predicted molar refractivity (Wildman–Crippen MR) is 108 cm³/mol. The fourth-order valence-corrected chi connectivity index (χ4v) is 4.66. The number of aromatic nitrogens is 2. The van der Waals surface area contributed by atoms with Crippen LogP contribution in [0.25, 0.3) is 0 Å². The monoisotopic (exact) mass is 421 g/mol. The number of aryl methyl sites for hydroxylation is 1. The first-order valence-electron chi connectivity index (χ1n) is 10.4. The van der Waals surface area contributed by atoms with Crippen LogP contribution >= 0.6 is 11.6 Å². The first-order chi connectivity index (χ1) is 14.0. The summed E-state index contributed by atoms with van der Waals surface area (Å²) in [6.07, 6.45) is 5.00. The maximum absolute atomic E-state index is 13.5. The van der Waals surface area contributed by atoms with Crippen molar-refractivity contribution in [1.82, 2.24) is 14.7 Å². The Morgan fingerprint density at radius 3 is 2.55 bits per heavy atom. The van der Waals surface area contributed by atoms with Crippen molar-refractivity contribution < 1.29 is 13.6 Å². The van der Waals surface area contributed by atoms with Gasteiger partial charge in [-0.3, -0.25) is 9.48 Å². The highest BCUT2D eigenvalue weighted by Gasteiger charge is 2.38. The molecule has 7 heteroatoms. The van der Waals surface area contributed by atoms with Gasteiger partial charge in [0, 0.05) is 19.6 Å². The van der Waals surface area contributed by atoms with Crippen molar-refractivity contribution in [3.8, 4) is 0 Å². The summed E-state index contributed by atoms with van der Waals surface area (Å²) in [5, 5.41) is 3.75. The quantitative estimate of drug-likeness (QED) is 0.585. The second-order valence-corrected chi connectivity index (χ2v) is 8.53. The number of nitrogens with zero attached hydrogens (tertiary/aromatic N) is 3. The lowest BCUT2D eigenvalue weighted by Crippen LogP contribution is -2.33. The lowest BCUT2D eigenvalue weighted by atomic mass is 9.82. The number of hydrogen-bond donors (Lipinski definition) is 0. The van der Waals surface area contributed by atoms with Crippen LogP contribution in [0.2, 0.25) is 5.15 Å². The van der Waals surface area contributed by atoms with Gasteiger partial charge < -0.3 is 4.90 Å². The maximum Gasteiger partial charge on any atom is 0.283 e. The minimum atomic E-state index is -2.84. The Balaban J connectivity index is 1.65. The number of halogens is 3. The van der Waals surface area contributed by atoms with Crippen molar-refractivity contribution in [2.45, 2.75) is 69.9 Å². The van der Waals surface area contributed by atoms with E-state index in [2.05, 4.69) is 17.2 Å². The molecular weight excluding hydrogens is 396 g/mol. The van der Waals surface area contributed by atoms with Crippen molar-refractivity contribution >= 4 is 17.5 Å². The SMILES string of the molecule is Cn1nc(C(F)F)c(C(=O)N(Cc2ccccc2C2CCCCC2)C2CC2)c1Cl. The van der Waals surface area contributed by atoms with Gasteiger partial charge in [0.1, 0.15) is 16.4 Å². The fraction of sp³-hybridized carbons (Fsp3) is 0.545. The first kappa shape index (κ1) is 20.3. The summed E-state index contributed by atoms with van der Waals surface area (Å²) >= 11 is 6.20. The van der Waals surface area contributed by atoms with Crippen LogP contribution < -0.4 is 0 Å². The summed E-state index contributed by atoms with van der Waals surface area (Å²) in [6, 6.07) is 8.32. The molecule has 0 saturated heterocycles. The van der Waals surface area contributed by atoms with Gasteiger partial charge in [0.25, 0.3) is 12.3 Å². The fourth-order valence-electron chi connectivity index (χ4n) is 4.44. The maximum atomic E-state index is 13.5. The summed E-state index contributed by atoms with van der Waals surface area (Å²) in [7, 11) is 1.48. The molecule has 0 unspecified atom stereocenters. The highest BCUT2D eigenvalue weighted by Crippen LogP contribution is 2.38. The van der Waals surface area contributed by atoms with Gasteiger partial charge in [-0.15, -0.1) is 0 Å². The van der Waals surface area contributed by atoms with Crippen LogP contribution in [0, 0.1) is 0 Å². The molecule has 0 radical (unpaired) electrons. The molecule has 0 bridgehead atoms. The van der Waals surface area contributed by atoms with E-state index in [-0.39, 0.29) is 16.8 Å². The largest absolute Gasteiger partial charge is 0.331 e. The van der Waals surface area contributed by atoms with Crippen molar-refractivity contribution in [2.24, 2.45) is 7.05 Å². The Hall–Kier alpha value is -1.95. The van der Waals surface area contributed by atoms with Crippen LogP contribution in [-0.2, 0) is 13.6 Å². The Labute approximate surface area is 174 Å². The summed E-state index contributed by atoms with van der Waals surface area (Å²) in [4.78, 5) is 15.1. The molecule has 2 fully saturated rings. The molecule has 2 saturated carbocycles. The molecule has 0 spiro atoms. The third kappa shape index (κ3) is 4.18. The van der Waals surface area contributed by atoms with E-state index >= 15 is 0 Å². The van der Waals surface area contributed by atoms with Crippen LogP contribution in [0.1, 0.15) is 84.5 Å². The molecule has 29 heavy (non-hydrogen) atoms. The van der Waals surface area contributed by atoms with Crippen LogP contribution in [0.15, 0.2) is 24.3 Å². The smallest absolute Gasteiger partial charge is 0.283 e. The average Bonchev–Trinajstić information content (AvgIpc) is 3.52. The van der Waals surface area contributed by atoms with Gasteiger partial charge in [0.2, 0.25) is 0 Å². The summed E-state index contributed by atoms with van der Waals surface area (Å²) < 4.78 is 28.1. The molecule has 1 amide bonds. The number of amides is 1. The number of rotatable bonds is 6. The lowest BCUT2D eigenvalue weighted by molar-refractivity contribution is 0.0717. The van der Waals surface area contributed by atoms with Crippen LogP contribution in [-0.4, -0.2) is 26.6 Å². The van der Waals surface area contributed by atoms with Gasteiger partial charge >= 0.3 is 0 Å². The molecule has 2 aromatic rings. The van der Waals surface area contributed by atoms with Gasteiger partial charge in [-0.2, -0.15) is 5.10 Å². The third-order valence-corrected chi connectivity index (χ3v) is 6.55. The zero-order valence-corrected chi connectivity index (χ0v) is 17.3. The van der Waals surface area contributed by atoms with Gasteiger partial charge in [0.05, 0.1) is 0 Å². The third-order valence-electron chi connectivity index (χ3n) is 6.11. The van der Waals surface area contributed by atoms with E-state index in [1.54, 1.807) is 4.90 Å². The number of alkyl halides is 2. The average molecular weight is 422 g/mol. The Morgan fingerprint density at radius 2 is 1.90 bits per heavy atom. The highest BCUT2D eigenvalue weighted by molar-refractivity contribution is 6.33. The normalized spacial score (nSPS) is 17.7. The molecule has 2 aliphatic rings. The minimum Gasteiger partial charge on any atom is -0.331 e. The Morgan fingerprint density at radius 1 is 1.21 bits per heavy atom. The zero-order chi connectivity index (χ0) is 20.5. The lowest BCUT2D eigenvalue weighted by Gasteiger charge is -2.28. The summed E-state index contributed by atoms with van der Waals surface area (Å²) in [6.45, 7) is 0.421. The van der Waals surface area contributed by atoms with Crippen molar-refractivity contribution in [1.29, 1.82) is 0 Å². The molecular formula is C22H26ClF2N3O. The number of carbonyl (C=O) groups is 1. The van der Waals surface area contributed by atoms with E-state index in [1.165, 1.54) is 44.7 Å². The topological polar surface area (TPSA) is 38.1 Å². The van der Waals surface area contributed by atoms with Gasteiger partial charge in [-0.1, -0.05) is 55.1 Å². The van der Waals surface area contributed by atoms with E-state index in [9.17, 15) is 13.6 Å². The molecule has 1 heterocycles. The van der Waals surface area contributed by atoms with Crippen molar-refractivity contribution in [2.75, 3.05) is 0 Å². The van der Waals surface area contributed by atoms with E-state index in [4.69, 9.17) is 11.6 Å². The summed E-state index contributed by atoms with van der Waals surface area (Å²) in [5.41, 5.74) is 1.70. The number of benzene rings is 1. The van der Waals surface area contributed by atoms with Gasteiger partial charge in [0.15, 0.2) is 0 Å². The summed E-state index contributed by atoms with van der Waals surface area (Å²) in [5.74, 6) is 0.0639. The van der Waals surface area contributed by atoms with E-state index in [0.29, 0.717) is 12.5 Å². The van der Waals surface area contributed by atoms with Crippen molar-refractivity contribution in [3.05, 3.63) is 51.8 Å². The number of carbonyl (C=O) groups excluding carboxylic acids is 1. The van der Waals surface area contributed by atoms with Crippen LogP contribution in [0.5, 0.6) is 0 Å². The molecule has 156 valence electrons. The number of hydrogen-bond acceptors (Lipinski definition) is 2. The molecule has 0 aliphatic heterocycles. The standard InChI is InChI=1S/C22H26ClF2N3O/c1-27-20(23)18(19(26-27)21(24)25)22(29)28(16-11-12-16)13-15-9-5-6-10-17(15)14-7-3-2-4-8-14/h5-6,9-10,14,16,21H,2-4,7-8,11-13H2,1H3.